The number of ether oxygens (including phenoxy) is 1. The van der Waals surface area contributed by atoms with Crippen LogP contribution in [0.3, 0.4) is 0 Å². The van der Waals surface area contributed by atoms with Gasteiger partial charge in [-0.15, -0.1) is 8.78 Å². The Hall–Kier alpha value is -4.12. The predicted octanol–water partition coefficient (Wildman–Crippen LogP) is 3.66. The van der Waals surface area contributed by atoms with Gasteiger partial charge in [0.1, 0.15) is 11.4 Å². The van der Waals surface area contributed by atoms with E-state index in [0.717, 1.165) is 0 Å². The van der Waals surface area contributed by atoms with Crippen LogP contribution in [0.15, 0.2) is 65.8 Å². The molecule has 0 aliphatic rings. The Bertz CT molecular complexity index is 1410. The maximum absolute atomic E-state index is 12.9. The molecule has 1 N–H and O–H groups in total. The number of benzene rings is 1. The highest BCUT2D eigenvalue weighted by atomic mass is 35.5. The van der Waals surface area contributed by atoms with E-state index in [9.17, 15) is 18.4 Å². The molecule has 0 saturated carbocycles. The summed E-state index contributed by atoms with van der Waals surface area (Å²) in [6, 6.07) is 9.98. The van der Waals surface area contributed by atoms with Crippen LogP contribution in [0.25, 0.3) is 22.5 Å². The summed E-state index contributed by atoms with van der Waals surface area (Å²) < 4.78 is 32.6. The number of nitrogens with one attached hydrogen (secondary N) is 1. The van der Waals surface area contributed by atoms with Crippen LogP contribution in [0.2, 0.25) is 0 Å². The molecule has 3 aromatic heterocycles. The van der Waals surface area contributed by atoms with Crippen molar-refractivity contribution >= 4 is 23.2 Å². The minimum atomic E-state index is -3.84. The highest BCUT2D eigenvalue weighted by Gasteiger charge is 2.27. The van der Waals surface area contributed by atoms with Gasteiger partial charge < -0.3 is 10.1 Å². The first-order valence-electron chi connectivity index (χ1n) is 9.80. The summed E-state index contributed by atoms with van der Waals surface area (Å²) in [6.07, 6.45) is 4.62. The third-order valence-electron chi connectivity index (χ3n) is 4.73. The largest absolute Gasteiger partial charge is 0.487 e. The van der Waals surface area contributed by atoms with Crippen molar-refractivity contribution < 1.29 is 18.3 Å². The fraction of sp³-hybridized carbons (Fsp3) is 0.136. The molecule has 0 fully saturated rings. The van der Waals surface area contributed by atoms with Crippen molar-refractivity contribution in [3.8, 4) is 28.3 Å². The summed E-state index contributed by atoms with van der Waals surface area (Å²) in [5.41, 5.74) is -1.66. The quantitative estimate of drug-likeness (QED) is 0.417. The molecule has 0 radical (unpaired) electrons. The van der Waals surface area contributed by atoms with Gasteiger partial charge in [0.05, 0.1) is 17.5 Å². The molecular formula is C22H17ClF2N6O3. The number of alkyl halides is 3. The number of aromatic nitrogens is 5. The molecule has 3 heterocycles. The zero-order chi connectivity index (χ0) is 24.5. The standard InChI is InChI=1S/C22H17ClF2N6O3/c1-30-8-7-18(29-30)20-17(13-10-19(32)31(2)27-12-13)9-14(11-26-20)21(33)28-15-3-5-16(6-4-15)34-22(23,24)25/h3-12H,1-2H3,(H,28,33). The zero-order valence-corrected chi connectivity index (χ0v) is 18.6. The van der Waals surface area contributed by atoms with Crippen molar-refractivity contribution in [1.29, 1.82) is 0 Å². The van der Waals surface area contributed by atoms with E-state index in [2.05, 4.69) is 25.2 Å². The molecule has 4 rings (SSSR count). The minimum Gasteiger partial charge on any atom is -0.420 e. The summed E-state index contributed by atoms with van der Waals surface area (Å²) in [6.45, 7) is 0. The fourth-order valence-corrected chi connectivity index (χ4v) is 3.20. The van der Waals surface area contributed by atoms with E-state index in [4.69, 9.17) is 11.6 Å². The summed E-state index contributed by atoms with van der Waals surface area (Å²) in [5.74, 6) is -0.672. The molecule has 1 aromatic carbocycles. The second kappa shape index (κ2) is 9.02. The number of rotatable bonds is 6. The van der Waals surface area contributed by atoms with Crippen LogP contribution < -0.4 is 15.6 Å². The van der Waals surface area contributed by atoms with E-state index in [-0.39, 0.29) is 16.9 Å². The Kier molecular flexibility index (Phi) is 6.12. The third kappa shape index (κ3) is 5.26. The Labute approximate surface area is 196 Å². The molecule has 1 amide bonds. The molecule has 34 heavy (non-hydrogen) atoms. The summed E-state index contributed by atoms with van der Waals surface area (Å²) in [4.78, 5) is 29.4. The van der Waals surface area contributed by atoms with Gasteiger partial charge in [-0.2, -0.15) is 10.2 Å². The first kappa shape index (κ1) is 23.1. The second-order valence-corrected chi connectivity index (χ2v) is 7.67. The average molecular weight is 487 g/mol. The second-order valence-electron chi connectivity index (χ2n) is 7.23. The average Bonchev–Trinajstić information content (AvgIpc) is 3.21. The first-order chi connectivity index (χ1) is 16.1. The maximum atomic E-state index is 12.9. The fourth-order valence-electron chi connectivity index (χ4n) is 3.11. The number of amides is 1. The van der Waals surface area contributed by atoms with Gasteiger partial charge in [-0.25, -0.2) is 4.68 Å². The van der Waals surface area contributed by atoms with Gasteiger partial charge in [-0.3, -0.25) is 19.3 Å². The SMILES string of the molecule is Cn1ccc(-c2ncc(C(=O)Nc3ccc(OC(F)(F)Cl)cc3)cc2-c2cnn(C)c(=O)c2)n1. The van der Waals surface area contributed by atoms with E-state index in [1.807, 2.05) is 0 Å². The van der Waals surface area contributed by atoms with Gasteiger partial charge in [0.25, 0.3) is 11.5 Å². The van der Waals surface area contributed by atoms with Crippen molar-refractivity contribution in [1.82, 2.24) is 24.5 Å². The lowest BCUT2D eigenvalue weighted by atomic mass is 10.0. The number of halogens is 3. The predicted molar refractivity (Wildman–Crippen MR) is 121 cm³/mol. The van der Waals surface area contributed by atoms with Crippen LogP contribution in [-0.2, 0) is 14.1 Å². The summed E-state index contributed by atoms with van der Waals surface area (Å²) in [7, 11) is 3.29. The van der Waals surface area contributed by atoms with Gasteiger partial charge in [-0.05, 0) is 36.4 Å². The molecule has 0 aliphatic carbocycles. The zero-order valence-electron chi connectivity index (χ0n) is 17.9. The number of carbonyl (C=O) groups is 1. The van der Waals surface area contributed by atoms with E-state index in [0.29, 0.717) is 28.2 Å². The number of anilines is 1. The Morgan fingerprint density at radius 3 is 2.47 bits per heavy atom. The molecule has 174 valence electrons. The smallest absolute Gasteiger partial charge is 0.420 e. The van der Waals surface area contributed by atoms with Crippen LogP contribution in [0.1, 0.15) is 10.4 Å². The summed E-state index contributed by atoms with van der Waals surface area (Å²) in [5, 5.41) is 11.1. The number of nitrogens with zero attached hydrogens (tertiary/aromatic N) is 5. The van der Waals surface area contributed by atoms with Crippen LogP contribution in [0.5, 0.6) is 5.75 Å². The van der Waals surface area contributed by atoms with Gasteiger partial charge in [0.2, 0.25) is 0 Å². The molecule has 0 atom stereocenters. The lowest BCUT2D eigenvalue weighted by Crippen LogP contribution is -2.18. The van der Waals surface area contributed by atoms with Crippen molar-refractivity contribution in [2.24, 2.45) is 14.1 Å². The molecule has 0 bridgehead atoms. The maximum Gasteiger partial charge on any atom is 0.487 e. The van der Waals surface area contributed by atoms with E-state index >= 15 is 0 Å². The van der Waals surface area contributed by atoms with Crippen molar-refractivity contribution in [3.05, 3.63) is 77.0 Å². The first-order valence-corrected chi connectivity index (χ1v) is 10.2. The number of aryl methyl sites for hydroxylation is 2. The number of pyridine rings is 1. The minimum absolute atomic E-state index is 0.167. The number of hydrogen-bond acceptors (Lipinski definition) is 6. The Morgan fingerprint density at radius 1 is 1.12 bits per heavy atom. The van der Waals surface area contributed by atoms with E-state index in [1.54, 1.807) is 30.1 Å². The molecule has 0 saturated heterocycles. The van der Waals surface area contributed by atoms with Gasteiger partial charge in [-0.1, -0.05) is 0 Å². The van der Waals surface area contributed by atoms with E-state index < -0.39 is 11.5 Å². The van der Waals surface area contributed by atoms with Crippen LogP contribution >= 0.6 is 11.6 Å². The van der Waals surface area contributed by atoms with Crippen LogP contribution in [0, 0.1) is 0 Å². The lowest BCUT2D eigenvalue weighted by Gasteiger charge is -2.12. The molecule has 9 nitrogen and oxygen atoms in total. The molecular weight excluding hydrogens is 470 g/mol. The summed E-state index contributed by atoms with van der Waals surface area (Å²) >= 11 is 4.75. The lowest BCUT2D eigenvalue weighted by molar-refractivity contribution is -0.0964. The third-order valence-corrected chi connectivity index (χ3v) is 4.81. The highest BCUT2D eigenvalue weighted by Crippen LogP contribution is 2.30. The topological polar surface area (TPSA) is 104 Å². The van der Waals surface area contributed by atoms with E-state index in [1.165, 1.54) is 54.5 Å². The molecule has 12 heteroatoms. The Balaban J connectivity index is 1.66. The van der Waals surface area contributed by atoms with Crippen molar-refractivity contribution in [2.45, 2.75) is 5.57 Å². The van der Waals surface area contributed by atoms with Gasteiger partial charge >= 0.3 is 5.57 Å². The van der Waals surface area contributed by atoms with Crippen LogP contribution in [0.4, 0.5) is 14.5 Å². The molecule has 0 spiro atoms. The Morgan fingerprint density at radius 2 is 1.85 bits per heavy atom. The van der Waals surface area contributed by atoms with Crippen molar-refractivity contribution in [2.75, 3.05) is 5.32 Å². The molecule has 0 aliphatic heterocycles. The highest BCUT2D eigenvalue weighted by molar-refractivity contribution is 6.20. The number of hydrogen-bond donors (Lipinski definition) is 1. The monoisotopic (exact) mass is 486 g/mol. The van der Waals surface area contributed by atoms with Crippen LogP contribution in [-0.4, -0.2) is 36.0 Å². The molecule has 4 aromatic rings. The number of carbonyl (C=O) groups excluding carboxylic acids is 1. The van der Waals surface area contributed by atoms with Gasteiger partial charge in [0, 0.05) is 61.0 Å². The van der Waals surface area contributed by atoms with Gasteiger partial charge in [0.15, 0.2) is 0 Å². The normalized spacial score (nSPS) is 11.3. The van der Waals surface area contributed by atoms with Crippen molar-refractivity contribution in [3.63, 3.8) is 0 Å². The molecule has 0 unspecified atom stereocenters.